The van der Waals surface area contributed by atoms with Crippen molar-refractivity contribution in [1.82, 2.24) is 4.90 Å². The van der Waals surface area contributed by atoms with E-state index in [1.165, 1.54) is 0 Å². The Hall–Kier alpha value is -2.06. The zero-order chi connectivity index (χ0) is 17.7. The molecule has 0 unspecified atom stereocenters. The Balaban J connectivity index is 2.01. The van der Waals surface area contributed by atoms with Crippen LogP contribution in [0.4, 0.5) is 5.69 Å². The van der Waals surface area contributed by atoms with Crippen molar-refractivity contribution in [2.45, 2.75) is 19.5 Å². The van der Waals surface area contributed by atoms with Crippen molar-refractivity contribution in [2.24, 2.45) is 0 Å². The van der Waals surface area contributed by atoms with Gasteiger partial charge in [-0.25, -0.2) is 0 Å². The molecule has 2 aromatic rings. The topological polar surface area (TPSA) is 56.1 Å². The maximum absolute atomic E-state index is 12.4. The van der Waals surface area contributed by atoms with E-state index in [9.17, 15) is 4.79 Å². The van der Waals surface area contributed by atoms with E-state index in [1.54, 1.807) is 36.4 Å². The summed E-state index contributed by atoms with van der Waals surface area (Å²) in [6.45, 7) is 2.38. The van der Waals surface area contributed by atoms with Crippen molar-refractivity contribution >= 4 is 34.8 Å². The molecule has 0 aromatic heterocycles. The molecule has 0 aliphatic carbocycles. The summed E-state index contributed by atoms with van der Waals surface area (Å²) in [5.41, 5.74) is 2.08. The summed E-state index contributed by atoms with van der Waals surface area (Å²) in [4.78, 5) is 14.3. The van der Waals surface area contributed by atoms with Crippen LogP contribution in [-0.2, 0) is 11.3 Å². The molecule has 4 nitrogen and oxygen atoms in total. The second-order valence-electron chi connectivity index (χ2n) is 5.52. The van der Waals surface area contributed by atoms with Crippen molar-refractivity contribution < 1.29 is 4.79 Å². The van der Waals surface area contributed by atoms with E-state index in [0.29, 0.717) is 27.8 Å². The zero-order valence-corrected chi connectivity index (χ0v) is 14.9. The third-order valence-electron chi connectivity index (χ3n) is 3.72. The maximum Gasteiger partial charge on any atom is 0.241 e. The lowest BCUT2D eigenvalue weighted by molar-refractivity contribution is -0.120. The van der Waals surface area contributed by atoms with Crippen molar-refractivity contribution in [3.8, 4) is 6.07 Å². The van der Waals surface area contributed by atoms with Gasteiger partial charge in [0.2, 0.25) is 5.91 Å². The fourth-order valence-corrected chi connectivity index (χ4v) is 2.50. The molecule has 0 saturated carbocycles. The number of halogens is 2. The number of nitriles is 1. The molecule has 0 fully saturated rings. The highest BCUT2D eigenvalue weighted by molar-refractivity contribution is 6.42. The summed E-state index contributed by atoms with van der Waals surface area (Å²) < 4.78 is 0. The molecule has 124 valence electrons. The highest BCUT2D eigenvalue weighted by Crippen LogP contribution is 2.23. The number of hydrogen-bond donors (Lipinski definition) is 1. The van der Waals surface area contributed by atoms with Crippen LogP contribution in [0.25, 0.3) is 0 Å². The summed E-state index contributed by atoms with van der Waals surface area (Å²) in [6, 6.07) is 13.9. The Morgan fingerprint density at radius 2 is 2.00 bits per heavy atom. The zero-order valence-electron chi connectivity index (χ0n) is 13.4. The molecule has 1 N–H and O–H groups in total. The largest absolute Gasteiger partial charge is 0.325 e. The van der Waals surface area contributed by atoms with Crippen LogP contribution < -0.4 is 5.32 Å². The molecule has 0 heterocycles. The molecule has 24 heavy (non-hydrogen) atoms. The minimum absolute atomic E-state index is 0.146. The Morgan fingerprint density at radius 1 is 1.25 bits per heavy atom. The molecule has 0 aliphatic rings. The number of amides is 1. The van der Waals surface area contributed by atoms with Gasteiger partial charge in [-0.05, 0) is 49.9 Å². The highest BCUT2D eigenvalue weighted by Gasteiger charge is 2.18. The molecule has 0 radical (unpaired) electrons. The number of carbonyl (C=O) groups excluding carboxylic acids is 1. The number of anilines is 1. The fourth-order valence-electron chi connectivity index (χ4n) is 2.18. The summed E-state index contributed by atoms with van der Waals surface area (Å²) >= 11 is 11.9. The van der Waals surface area contributed by atoms with E-state index >= 15 is 0 Å². The lowest BCUT2D eigenvalue weighted by atomic mass is 10.1. The van der Waals surface area contributed by atoms with Crippen molar-refractivity contribution in [2.75, 3.05) is 12.4 Å². The molecule has 1 amide bonds. The van der Waals surface area contributed by atoms with Gasteiger partial charge in [0, 0.05) is 12.2 Å². The third-order valence-corrected chi connectivity index (χ3v) is 4.45. The first-order valence-corrected chi connectivity index (χ1v) is 8.11. The predicted molar refractivity (Wildman–Crippen MR) is 97.2 cm³/mol. The van der Waals surface area contributed by atoms with Gasteiger partial charge in [-0.2, -0.15) is 5.26 Å². The van der Waals surface area contributed by atoms with Crippen LogP contribution >= 0.6 is 23.2 Å². The van der Waals surface area contributed by atoms with Gasteiger partial charge in [0.15, 0.2) is 0 Å². The van der Waals surface area contributed by atoms with Crippen molar-refractivity contribution in [3.05, 3.63) is 63.6 Å². The minimum atomic E-state index is -0.356. The Bertz CT molecular complexity index is 786. The molecule has 0 aliphatic heterocycles. The monoisotopic (exact) mass is 361 g/mol. The van der Waals surface area contributed by atoms with Crippen LogP contribution in [0, 0.1) is 11.3 Å². The number of benzene rings is 2. The van der Waals surface area contributed by atoms with Gasteiger partial charge in [0.25, 0.3) is 0 Å². The van der Waals surface area contributed by atoms with Gasteiger partial charge in [-0.15, -0.1) is 0 Å². The summed E-state index contributed by atoms with van der Waals surface area (Å²) in [5, 5.41) is 12.7. The van der Waals surface area contributed by atoms with Gasteiger partial charge in [-0.3, -0.25) is 9.69 Å². The Labute approximate surface area is 151 Å². The molecule has 2 aromatic carbocycles. The van der Waals surface area contributed by atoms with Crippen LogP contribution in [0.2, 0.25) is 10.0 Å². The van der Waals surface area contributed by atoms with Crippen LogP contribution in [0.15, 0.2) is 42.5 Å². The molecule has 0 spiro atoms. The summed E-state index contributed by atoms with van der Waals surface area (Å²) in [6.07, 6.45) is 0. The number of nitrogens with zero attached hydrogens (tertiary/aromatic N) is 2. The Morgan fingerprint density at radius 3 is 2.67 bits per heavy atom. The first-order valence-electron chi connectivity index (χ1n) is 7.36. The first-order chi connectivity index (χ1) is 11.4. The lowest BCUT2D eigenvalue weighted by Crippen LogP contribution is -2.39. The number of rotatable bonds is 5. The number of hydrogen-bond acceptors (Lipinski definition) is 3. The third kappa shape index (κ3) is 4.72. The number of likely N-dealkylation sites (N-methyl/N-ethyl adjacent to an activating group) is 1. The van der Waals surface area contributed by atoms with Crippen LogP contribution in [0.3, 0.4) is 0 Å². The van der Waals surface area contributed by atoms with Crippen molar-refractivity contribution in [1.29, 1.82) is 5.26 Å². The molecule has 6 heteroatoms. The van der Waals surface area contributed by atoms with Gasteiger partial charge in [0.1, 0.15) is 0 Å². The van der Waals surface area contributed by atoms with Gasteiger partial charge >= 0.3 is 0 Å². The van der Waals surface area contributed by atoms with Crippen LogP contribution in [0.1, 0.15) is 18.1 Å². The molecular weight excluding hydrogens is 345 g/mol. The highest BCUT2D eigenvalue weighted by atomic mass is 35.5. The molecule has 2 rings (SSSR count). The summed E-state index contributed by atoms with van der Waals surface area (Å²) in [7, 11) is 1.86. The smallest absolute Gasteiger partial charge is 0.241 e. The normalized spacial score (nSPS) is 11.8. The van der Waals surface area contributed by atoms with Gasteiger partial charge < -0.3 is 5.32 Å². The summed E-state index contributed by atoms with van der Waals surface area (Å²) in [5.74, 6) is -0.146. The molecule has 0 bridgehead atoms. The maximum atomic E-state index is 12.4. The number of carbonyl (C=O) groups is 1. The van der Waals surface area contributed by atoms with E-state index < -0.39 is 0 Å². The minimum Gasteiger partial charge on any atom is -0.325 e. The van der Waals surface area contributed by atoms with E-state index in [-0.39, 0.29) is 11.9 Å². The quantitative estimate of drug-likeness (QED) is 0.862. The van der Waals surface area contributed by atoms with Crippen molar-refractivity contribution in [3.63, 3.8) is 0 Å². The van der Waals surface area contributed by atoms with Gasteiger partial charge in [0.05, 0.1) is 27.7 Å². The number of nitrogens with one attached hydrogen (secondary N) is 1. The van der Waals surface area contributed by atoms with E-state index in [2.05, 4.69) is 11.4 Å². The molecule has 0 saturated heterocycles. The standard InChI is InChI=1S/C18H17Cl2N3O/c1-12(18(24)22-15-5-3-4-13(8-15)10-21)23(2)11-14-6-7-16(19)17(20)9-14/h3-9,12H,11H2,1-2H3,(H,22,24)/t12-/m0/s1. The first kappa shape index (κ1) is 18.3. The van der Waals surface area contributed by atoms with E-state index in [0.717, 1.165) is 5.56 Å². The van der Waals surface area contributed by atoms with Crippen LogP contribution in [0.5, 0.6) is 0 Å². The lowest BCUT2D eigenvalue weighted by Gasteiger charge is -2.24. The van der Waals surface area contributed by atoms with Crippen LogP contribution in [-0.4, -0.2) is 23.9 Å². The second kappa shape index (κ2) is 8.16. The predicted octanol–water partition coefficient (Wildman–Crippen LogP) is 4.32. The average Bonchev–Trinajstić information content (AvgIpc) is 2.57. The average molecular weight is 362 g/mol. The molecule has 1 atom stereocenters. The Kier molecular flexibility index (Phi) is 6.22. The SMILES string of the molecule is C[C@@H](C(=O)Nc1cccc(C#N)c1)N(C)Cc1ccc(Cl)c(Cl)c1. The fraction of sp³-hybridized carbons (Fsp3) is 0.222. The van der Waals surface area contributed by atoms with E-state index in [1.807, 2.05) is 24.9 Å². The van der Waals surface area contributed by atoms with E-state index in [4.69, 9.17) is 28.5 Å². The van der Waals surface area contributed by atoms with Gasteiger partial charge in [-0.1, -0.05) is 35.3 Å². The molecular formula is C18H17Cl2N3O. The second-order valence-corrected chi connectivity index (χ2v) is 6.34.